The molecule has 0 saturated heterocycles. The van der Waals surface area contributed by atoms with Crippen molar-refractivity contribution in [3.63, 3.8) is 0 Å². The highest BCUT2D eigenvalue weighted by molar-refractivity contribution is 5.44. The summed E-state index contributed by atoms with van der Waals surface area (Å²) in [5, 5.41) is 13.2. The molecule has 2 heterocycles. The van der Waals surface area contributed by atoms with Gasteiger partial charge in [0, 0.05) is 18.9 Å². The molecule has 0 aliphatic heterocycles. The number of fused-ring (bicyclic) bond motifs is 1. The number of nitrogens with zero attached hydrogens (tertiary/aromatic N) is 4. The highest BCUT2D eigenvalue weighted by Gasteiger charge is 2.17. The Hall–Kier alpha value is -2.09. The third-order valence-corrected chi connectivity index (χ3v) is 3.01. The second-order valence-electron chi connectivity index (χ2n) is 5.16. The van der Waals surface area contributed by atoms with Crippen LogP contribution in [-0.4, -0.2) is 14.2 Å². The summed E-state index contributed by atoms with van der Waals surface area (Å²) in [4.78, 5) is 12.2. The molecule has 2 aromatic heterocycles. The topological polar surface area (TPSA) is 63.1 Å². The lowest BCUT2D eigenvalue weighted by Gasteiger charge is -2.15. The van der Waals surface area contributed by atoms with E-state index in [2.05, 4.69) is 11.2 Å². The summed E-state index contributed by atoms with van der Waals surface area (Å²) in [6, 6.07) is 4.01. The zero-order valence-corrected chi connectivity index (χ0v) is 10.8. The second-order valence-corrected chi connectivity index (χ2v) is 5.16. The predicted molar refractivity (Wildman–Crippen MR) is 68.2 cm³/mol. The summed E-state index contributed by atoms with van der Waals surface area (Å²) < 4.78 is 3.22. The molecule has 0 amide bonds. The van der Waals surface area contributed by atoms with Gasteiger partial charge in [0.2, 0.25) is 0 Å². The highest BCUT2D eigenvalue weighted by Crippen LogP contribution is 2.18. The van der Waals surface area contributed by atoms with E-state index >= 15 is 0 Å². The first-order chi connectivity index (χ1) is 8.43. The van der Waals surface area contributed by atoms with Crippen molar-refractivity contribution in [2.45, 2.75) is 33.7 Å². The lowest BCUT2D eigenvalue weighted by Crippen LogP contribution is -2.24. The summed E-state index contributed by atoms with van der Waals surface area (Å²) >= 11 is 0. The summed E-state index contributed by atoms with van der Waals surface area (Å²) in [7, 11) is 0. The van der Waals surface area contributed by atoms with Gasteiger partial charge in [-0.05, 0) is 33.3 Å². The van der Waals surface area contributed by atoms with Crippen LogP contribution in [0.2, 0.25) is 0 Å². The lowest BCUT2D eigenvalue weighted by molar-refractivity contribution is 0.409. The summed E-state index contributed by atoms with van der Waals surface area (Å²) in [5.74, 6) is 0. The van der Waals surface area contributed by atoms with Gasteiger partial charge in [0.15, 0.2) is 0 Å². The van der Waals surface area contributed by atoms with Gasteiger partial charge < -0.3 is 4.57 Å². The van der Waals surface area contributed by atoms with Crippen LogP contribution >= 0.6 is 0 Å². The van der Waals surface area contributed by atoms with Crippen LogP contribution in [0.3, 0.4) is 0 Å². The molecular weight excluding hydrogens is 228 g/mol. The Kier molecular flexibility index (Phi) is 2.95. The molecule has 5 nitrogen and oxygen atoms in total. The number of hydrogen-bond acceptors (Lipinski definition) is 3. The molecule has 94 valence electrons. The number of hydrogen-bond donors (Lipinski definition) is 0. The first kappa shape index (κ1) is 12.4. The Balaban J connectivity index is 2.33. The van der Waals surface area contributed by atoms with E-state index in [0.717, 1.165) is 5.69 Å². The molecule has 0 atom stereocenters. The number of aromatic nitrogens is 3. The van der Waals surface area contributed by atoms with Crippen LogP contribution < -0.4 is 5.56 Å². The van der Waals surface area contributed by atoms with Gasteiger partial charge in [0.05, 0.1) is 17.2 Å². The molecule has 0 radical (unpaired) electrons. The van der Waals surface area contributed by atoms with Crippen molar-refractivity contribution < 1.29 is 0 Å². The van der Waals surface area contributed by atoms with Crippen molar-refractivity contribution in [1.29, 1.82) is 5.26 Å². The van der Waals surface area contributed by atoms with Gasteiger partial charge in [-0.25, -0.2) is 4.52 Å². The lowest BCUT2D eigenvalue weighted by atomic mass is 9.91. The Morgan fingerprint density at radius 2 is 2.17 bits per heavy atom. The highest BCUT2D eigenvalue weighted by atomic mass is 16.1. The van der Waals surface area contributed by atoms with Gasteiger partial charge >= 0.3 is 0 Å². The van der Waals surface area contributed by atoms with E-state index in [1.165, 1.54) is 0 Å². The maximum atomic E-state index is 12.2. The zero-order valence-electron chi connectivity index (χ0n) is 10.8. The fraction of sp³-hybridized carbons (Fsp3) is 0.462. The average Bonchev–Trinajstić information content (AvgIpc) is 2.70. The van der Waals surface area contributed by atoms with Gasteiger partial charge in [-0.3, -0.25) is 4.79 Å². The van der Waals surface area contributed by atoms with E-state index < -0.39 is 5.41 Å². The minimum Gasteiger partial charge on any atom is -0.312 e. The number of nitriles is 1. The Bertz CT molecular complexity index is 672. The molecule has 0 aliphatic rings. The molecule has 0 unspecified atom stereocenters. The maximum absolute atomic E-state index is 12.2. The first-order valence-electron chi connectivity index (χ1n) is 5.90. The summed E-state index contributed by atoms with van der Waals surface area (Å²) in [6.45, 7) is 6.15. The van der Waals surface area contributed by atoms with Gasteiger partial charge in [0.1, 0.15) is 5.52 Å². The van der Waals surface area contributed by atoms with E-state index in [1.807, 2.05) is 20.8 Å². The molecule has 0 bridgehead atoms. The largest absolute Gasteiger partial charge is 0.312 e. The van der Waals surface area contributed by atoms with E-state index in [1.54, 1.807) is 27.5 Å². The molecule has 0 aromatic carbocycles. The number of rotatable bonds is 3. The van der Waals surface area contributed by atoms with Gasteiger partial charge in [0.25, 0.3) is 5.56 Å². The van der Waals surface area contributed by atoms with Crippen LogP contribution in [0.1, 0.15) is 26.0 Å². The monoisotopic (exact) mass is 244 g/mol. The summed E-state index contributed by atoms with van der Waals surface area (Å²) in [5.41, 5.74) is 0.917. The Morgan fingerprint density at radius 1 is 1.44 bits per heavy atom. The fourth-order valence-electron chi connectivity index (χ4n) is 1.78. The molecule has 0 aliphatic carbocycles. The average molecular weight is 244 g/mol. The van der Waals surface area contributed by atoms with E-state index in [-0.39, 0.29) is 5.56 Å². The molecule has 0 fully saturated rings. The number of aryl methyl sites for hydroxylation is 2. The third-order valence-electron chi connectivity index (χ3n) is 3.01. The molecule has 0 N–H and O–H groups in total. The molecule has 2 rings (SSSR count). The van der Waals surface area contributed by atoms with Gasteiger partial charge in [-0.2, -0.15) is 10.4 Å². The van der Waals surface area contributed by atoms with Crippen LogP contribution in [-0.2, 0) is 6.54 Å². The van der Waals surface area contributed by atoms with Crippen molar-refractivity contribution in [3.05, 3.63) is 34.5 Å². The van der Waals surface area contributed by atoms with Gasteiger partial charge in [-0.15, -0.1) is 0 Å². The predicted octanol–water partition coefficient (Wildman–Crippen LogP) is 1.74. The minimum atomic E-state index is -0.415. The van der Waals surface area contributed by atoms with E-state index in [0.29, 0.717) is 18.5 Å². The van der Waals surface area contributed by atoms with Crippen LogP contribution in [0.4, 0.5) is 0 Å². The maximum Gasteiger partial charge on any atom is 0.276 e. The van der Waals surface area contributed by atoms with Crippen molar-refractivity contribution in [1.82, 2.24) is 14.2 Å². The molecule has 0 saturated carbocycles. The van der Waals surface area contributed by atoms with Crippen molar-refractivity contribution in [3.8, 4) is 6.07 Å². The van der Waals surface area contributed by atoms with E-state index in [4.69, 9.17) is 5.26 Å². The normalized spacial score (nSPS) is 11.7. The van der Waals surface area contributed by atoms with Gasteiger partial charge in [-0.1, -0.05) is 0 Å². The Labute approximate surface area is 105 Å². The molecular formula is C13H16N4O. The van der Waals surface area contributed by atoms with Crippen molar-refractivity contribution in [2.75, 3.05) is 0 Å². The standard InChI is InChI=1S/C13H16N4O/c1-10-8-11-12(18)16(6-7-17(11)15-10)5-4-13(2,3)9-14/h6-8H,4-5H2,1-3H3. The van der Waals surface area contributed by atoms with Crippen molar-refractivity contribution in [2.24, 2.45) is 5.41 Å². The molecule has 2 aromatic rings. The smallest absolute Gasteiger partial charge is 0.276 e. The summed E-state index contributed by atoms with van der Waals surface area (Å²) in [6.07, 6.45) is 4.13. The first-order valence-corrected chi connectivity index (χ1v) is 5.90. The zero-order chi connectivity index (χ0) is 13.3. The van der Waals surface area contributed by atoms with Crippen LogP contribution in [0.15, 0.2) is 23.3 Å². The fourth-order valence-corrected chi connectivity index (χ4v) is 1.78. The second kappa shape index (κ2) is 4.30. The van der Waals surface area contributed by atoms with E-state index in [9.17, 15) is 4.79 Å². The quantitative estimate of drug-likeness (QED) is 0.826. The minimum absolute atomic E-state index is 0.0631. The Morgan fingerprint density at radius 3 is 2.83 bits per heavy atom. The van der Waals surface area contributed by atoms with Crippen molar-refractivity contribution >= 4 is 5.52 Å². The SMILES string of the molecule is Cc1cc2c(=O)n(CCC(C)(C)C#N)ccn2n1. The third kappa shape index (κ3) is 2.28. The van der Waals surface area contributed by atoms with Crippen LogP contribution in [0, 0.1) is 23.7 Å². The van der Waals surface area contributed by atoms with Crippen LogP contribution in [0.25, 0.3) is 5.52 Å². The molecule has 5 heteroatoms. The molecule has 18 heavy (non-hydrogen) atoms. The molecule has 0 spiro atoms. The van der Waals surface area contributed by atoms with Crippen LogP contribution in [0.5, 0.6) is 0 Å².